The number of likely N-dealkylation sites (N-methyl/N-ethyl adjacent to an activating group) is 1. The van der Waals surface area contributed by atoms with Crippen molar-refractivity contribution in [3.63, 3.8) is 0 Å². The van der Waals surface area contributed by atoms with Gasteiger partial charge in [0.2, 0.25) is 11.8 Å². The van der Waals surface area contributed by atoms with Gasteiger partial charge in [-0.1, -0.05) is 35.9 Å². The molecule has 0 spiro atoms. The van der Waals surface area contributed by atoms with E-state index in [2.05, 4.69) is 4.98 Å². The molecule has 0 atom stereocenters. The quantitative estimate of drug-likeness (QED) is 0.486. The third kappa shape index (κ3) is 5.31. The lowest BCUT2D eigenvalue weighted by Crippen LogP contribution is -2.24. The number of benzene rings is 2. The molecule has 3 aromatic rings. The van der Waals surface area contributed by atoms with Gasteiger partial charge in [-0.05, 0) is 35.9 Å². The number of para-hydroxylation sites is 1. The normalized spacial score (nSPS) is 10.9. The fourth-order valence-electron chi connectivity index (χ4n) is 2.72. The number of rotatable bonds is 6. The Balaban J connectivity index is 1.71. The molecule has 3 rings (SSSR count). The van der Waals surface area contributed by atoms with Crippen LogP contribution in [0.2, 0.25) is 5.02 Å². The van der Waals surface area contributed by atoms with Crippen LogP contribution in [0.5, 0.6) is 0 Å². The number of halogens is 2. The predicted octanol–water partition coefficient (Wildman–Crippen LogP) is 5.29. The van der Waals surface area contributed by atoms with Gasteiger partial charge in [0.1, 0.15) is 5.82 Å². The molecule has 0 fully saturated rings. The highest BCUT2D eigenvalue weighted by Crippen LogP contribution is 2.31. The molecule has 8 heteroatoms. The minimum Gasteiger partial charge on any atom is -0.338 e. The molecule has 0 aliphatic carbocycles. The first-order chi connectivity index (χ1) is 14.3. The molecule has 1 heterocycles. The molecule has 0 bridgehead atoms. The summed E-state index contributed by atoms with van der Waals surface area (Å²) in [5.74, 6) is -1.07. The zero-order valence-electron chi connectivity index (χ0n) is 16.4. The van der Waals surface area contributed by atoms with Crippen LogP contribution in [-0.2, 0) is 16.1 Å². The first kappa shape index (κ1) is 21.7. The molecule has 0 aliphatic rings. The molecule has 2 amide bonds. The van der Waals surface area contributed by atoms with E-state index in [0.29, 0.717) is 22.4 Å². The van der Waals surface area contributed by atoms with Crippen molar-refractivity contribution in [2.24, 2.45) is 0 Å². The van der Waals surface area contributed by atoms with E-state index in [0.717, 1.165) is 5.56 Å². The lowest BCUT2D eigenvalue weighted by atomic mass is 10.2. The van der Waals surface area contributed by atoms with Gasteiger partial charge < -0.3 is 4.90 Å². The molecule has 2 aromatic carbocycles. The van der Waals surface area contributed by atoms with Crippen molar-refractivity contribution < 1.29 is 14.0 Å². The molecular weight excluding hydrogens is 425 g/mol. The second-order valence-electron chi connectivity index (χ2n) is 6.51. The van der Waals surface area contributed by atoms with Gasteiger partial charge in [0.15, 0.2) is 5.13 Å². The smallest absolute Gasteiger partial charge is 0.246 e. The van der Waals surface area contributed by atoms with Gasteiger partial charge in [-0.3, -0.25) is 14.5 Å². The monoisotopic (exact) mass is 443 g/mol. The van der Waals surface area contributed by atoms with Crippen LogP contribution in [0.1, 0.15) is 18.2 Å². The Hall–Kier alpha value is -3.03. The molecule has 0 saturated heterocycles. The highest BCUT2D eigenvalue weighted by molar-refractivity contribution is 7.14. The Morgan fingerprint density at radius 2 is 1.87 bits per heavy atom. The summed E-state index contributed by atoms with van der Waals surface area (Å²) in [5, 5.41) is 2.67. The first-order valence-electron chi connectivity index (χ1n) is 9.03. The van der Waals surface area contributed by atoms with Crippen molar-refractivity contribution in [3.05, 3.63) is 82.1 Å². The maximum absolute atomic E-state index is 14.1. The summed E-state index contributed by atoms with van der Waals surface area (Å²) in [4.78, 5) is 31.6. The van der Waals surface area contributed by atoms with Crippen molar-refractivity contribution in [1.82, 2.24) is 9.88 Å². The lowest BCUT2D eigenvalue weighted by Gasteiger charge is -2.18. The number of carbonyl (C=O) groups is 2. The van der Waals surface area contributed by atoms with E-state index >= 15 is 0 Å². The van der Waals surface area contributed by atoms with E-state index in [1.54, 1.807) is 47.7 Å². The highest BCUT2D eigenvalue weighted by atomic mass is 35.5. The largest absolute Gasteiger partial charge is 0.338 e. The summed E-state index contributed by atoms with van der Waals surface area (Å²) in [5.41, 5.74) is 1.60. The van der Waals surface area contributed by atoms with E-state index < -0.39 is 5.82 Å². The summed E-state index contributed by atoms with van der Waals surface area (Å²) < 4.78 is 14.1. The maximum atomic E-state index is 14.1. The molecular formula is C22H19ClFN3O2S. The molecule has 0 N–H and O–H groups in total. The van der Waals surface area contributed by atoms with Gasteiger partial charge in [0.05, 0.1) is 11.4 Å². The highest BCUT2D eigenvalue weighted by Gasteiger charge is 2.20. The van der Waals surface area contributed by atoms with Crippen LogP contribution < -0.4 is 4.90 Å². The molecule has 30 heavy (non-hydrogen) atoms. The molecule has 154 valence electrons. The summed E-state index contributed by atoms with van der Waals surface area (Å²) >= 11 is 7.07. The minimum absolute atomic E-state index is 0.133. The van der Waals surface area contributed by atoms with Crippen LogP contribution in [-0.4, -0.2) is 28.7 Å². The van der Waals surface area contributed by atoms with Crippen molar-refractivity contribution >= 4 is 51.6 Å². The van der Waals surface area contributed by atoms with Crippen molar-refractivity contribution in [3.8, 4) is 0 Å². The SMILES string of the molecule is CC(=O)N(c1nc(C=CC(=O)N(C)Cc2ccc(Cl)cc2)cs1)c1ccccc1F. The fraction of sp³-hybridized carbons (Fsp3) is 0.136. The number of carbonyl (C=O) groups excluding carboxylic acids is 2. The zero-order valence-corrected chi connectivity index (χ0v) is 18.0. The zero-order chi connectivity index (χ0) is 21.7. The summed E-state index contributed by atoms with van der Waals surface area (Å²) in [6.07, 6.45) is 2.98. The van der Waals surface area contributed by atoms with Gasteiger partial charge in [0, 0.05) is 37.0 Å². The van der Waals surface area contributed by atoms with Crippen LogP contribution in [0.3, 0.4) is 0 Å². The molecule has 0 aliphatic heterocycles. The number of hydrogen-bond acceptors (Lipinski definition) is 4. The Morgan fingerprint density at radius 3 is 2.53 bits per heavy atom. The lowest BCUT2D eigenvalue weighted by molar-refractivity contribution is -0.125. The number of amides is 2. The number of anilines is 2. The molecule has 0 unspecified atom stereocenters. The average Bonchev–Trinajstić information content (AvgIpc) is 3.17. The van der Waals surface area contributed by atoms with Crippen LogP contribution in [0.4, 0.5) is 15.2 Å². The van der Waals surface area contributed by atoms with Gasteiger partial charge >= 0.3 is 0 Å². The predicted molar refractivity (Wildman–Crippen MR) is 118 cm³/mol. The first-order valence-corrected chi connectivity index (χ1v) is 10.3. The Morgan fingerprint density at radius 1 is 1.17 bits per heavy atom. The van der Waals surface area contributed by atoms with Gasteiger partial charge in [-0.2, -0.15) is 0 Å². The van der Waals surface area contributed by atoms with E-state index in [1.165, 1.54) is 41.4 Å². The second kappa shape index (κ2) is 9.65. The van der Waals surface area contributed by atoms with Gasteiger partial charge in [0.25, 0.3) is 0 Å². The van der Waals surface area contributed by atoms with Crippen molar-refractivity contribution in [2.45, 2.75) is 13.5 Å². The third-order valence-electron chi connectivity index (χ3n) is 4.22. The Bertz CT molecular complexity index is 1080. The molecule has 0 saturated carbocycles. The van der Waals surface area contributed by atoms with Gasteiger partial charge in [-0.25, -0.2) is 9.37 Å². The van der Waals surface area contributed by atoms with E-state index in [9.17, 15) is 14.0 Å². The molecule has 0 radical (unpaired) electrons. The number of hydrogen-bond donors (Lipinski definition) is 0. The van der Waals surface area contributed by atoms with E-state index in [1.807, 2.05) is 12.1 Å². The topological polar surface area (TPSA) is 53.5 Å². The van der Waals surface area contributed by atoms with Crippen molar-refractivity contribution in [1.29, 1.82) is 0 Å². The summed E-state index contributed by atoms with van der Waals surface area (Å²) in [6, 6.07) is 13.3. The Kier molecular flexibility index (Phi) is 6.97. The van der Waals surface area contributed by atoms with Crippen LogP contribution >= 0.6 is 22.9 Å². The fourth-order valence-corrected chi connectivity index (χ4v) is 3.70. The summed E-state index contributed by atoms with van der Waals surface area (Å²) in [6.45, 7) is 1.78. The Labute approximate surface area is 183 Å². The standard InChI is InChI=1S/C22H19ClFN3O2S/c1-15(28)27(20-6-4-3-5-19(20)24)22-25-18(14-30-22)11-12-21(29)26(2)13-16-7-9-17(23)10-8-16/h3-12,14H,13H2,1-2H3. The van der Waals surface area contributed by atoms with E-state index in [4.69, 9.17) is 11.6 Å². The number of thiazole rings is 1. The number of aromatic nitrogens is 1. The summed E-state index contributed by atoms with van der Waals surface area (Å²) in [7, 11) is 1.70. The van der Waals surface area contributed by atoms with Crippen LogP contribution in [0, 0.1) is 5.82 Å². The second-order valence-corrected chi connectivity index (χ2v) is 7.79. The minimum atomic E-state index is -0.515. The van der Waals surface area contributed by atoms with E-state index in [-0.39, 0.29) is 17.5 Å². The third-order valence-corrected chi connectivity index (χ3v) is 5.31. The van der Waals surface area contributed by atoms with Gasteiger partial charge in [-0.15, -0.1) is 11.3 Å². The van der Waals surface area contributed by atoms with Crippen LogP contribution in [0.25, 0.3) is 6.08 Å². The molecule has 1 aromatic heterocycles. The maximum Gasteiger partial charge on any atom is 0.246 e. The average molecular weight is 444 g/mol. The van der Waals surface area contributed by atoms with Crippen molar-refractivity contribution in [2.75, 3.05) is 11.9 Å². The number of nitrogens with zero attached hydrogens (tertiary/aromatic N) is 3. The van der Waals surface area contributed by atoms with Crippen LogP contribution in [0.15, 0.2) is 60.0 Å². The molecule has 5 nitrogen and oxygen atoms in total.